The van der Waals surface area contributed by atoms with Crippen LogP contribution in [0.2, 0.25) is 5.02 Å². The highest BCUT2D eigenvalue weighted by atomic mass is 79.9. The normalized spacial score (nSPS) is 11.1. The zero-order chi connectivity index (χ0) is 13.2. The molecule has 0 fully saturated rings. The van der Waals surface area contributed by atoms with Crippen molar-refractivity contribution in [1.29, 1.82) is 0 Å². The largest absolute Gasteiger partial charge is 0.221 e. The van der Waals surface area contributed by atoms with Crippen molar-refractivity contribution in [3.8, 4) is 0 Å². The average Bonchev–Trinajstić information content (AvgIpc) is 2.78. The Morgan fingerprint density at radius 3 is 2.89 bits per heavy atom. The second-order valence-corrected chi connectivity index (χ2v) is 5.66. The molecule has 0 spiro atoms. The molecule has 0 amide bonds. The van der Waals surface area contributed by atoms with E-state index in [0.29, 0.717) is 0 Å². The van der Waals surface area contributed by atoms with Gasteiger partial charge in [-0.2, -0.15) is 5.10 Å². The maximum Gasteiger partial charge on any atom is 0.156 e. The van der Waals surface area contributed by atoms with Crippen molar-refractivity contribution in [2.75, 3.05) is 0 Å². The number of pyridine rings is 1. The molecule has 0 aliphatic rings. The Morgan fingerprint density at radius 1 is 1.16 bits per heavy atom. The van der Waals surface area contributed by atoms with Crippen LogP contribution in [0.3, 0.4) is 0 Å². The highest BCUT2D eigenvalue weighted by Gasteiger charge is 2.04. The van der Waals surface area contributed by atoms with E-state index >= 15 is 0 Å². The van der Waals surface area contributed by atoms with Crippen LogP contribution in [0.25, 0.3) is 5.65 Å². The van der Waals surface area contributed by atoms with Gasteiger partial charge in [-0.3, -0.25) is 0 Å². The molecule has 3 nitrogen and oxygen atoms in total. The molecule has 3 rings (SSSR count). The molecular formula is C14H11BrClN3. The maximum absolute atomic E-state index is 5.97. The summed E-state index contributed by atoms with van der Waals surface area (Å²) in [5.74, 6) is 0.845. The first-order chi connectivity index (χ1) is 9.20. The summed E-state index contributed by atoms with van der Waals surface area (Å²) in [4.78, 5) is 4.50. The fourth-order valence-corrected chi connectivity index (χ4v) is 2.49. The minimum Gasteiger partial charge on any atom is -0.221 e. The molecular weight excluding hydrogens is 326 g/mol. The third-order valence-corrected chi connectivity index (χ3v) is 3.60. The lowest BCUT2D eigenvalue weighted by Crippen LogP contribution is -1.94. The molecule has 5 heteroatoms. The Bertz CT molecular complexity index is 724. The summed E-state index contributed by atoms with van der Waals surface area (Å²) in [7, 11) is 0. The van der Waals surface area contributed by atoms with Crippen molar-refractivity contribution in [3.05, 3.63) is 63.5 Å². The summed E-state index contributed by atoms with van der Waals surface area (Å²) in [6.45, 7) is 0. The van der Waals surface area contributed by atoms with E-state index in [-0.39, 0.29) is 0 Å². The summed E-state index contributed by atoms with van der Waals surface area (Å²) in [5, 5.41) is 5.21. The van der Waals surface area contributed by atoms with Gasteiger partial charge in [0, 0.05) is 22.1 Å². The van der Waals surface area contributed by atoms with Crippen LogP contribution in [0.4, 0.5) is 0 Å². The van der Waals surface area contributed by atoms with E-state index in [1.165, 1.54) is 5.56 Å². The van der Waals surface area contributed by atoms with E-state index < -0.39 is 0 Å². The molecule has 0 unspecified atom stereocenters. The van der Waals surface area contributed by atoms with Crippen LogP contribution in [-0.4, -0.2) is 14.6 Å². The van der Waals surface area contributed by atoms with Crippen molar-refractivity contribution in [3.63, 3.8) is 0 Å². The fourth-order valence-electron chi connectivity index (χ4n) is 1.96. The summed E-state index contributed by atoms with van der Waals surface area (Å²) < 4.78 is 2.80. The van der Waals surface area contributed by atoms with Gasteiger partial charge in [0.15, 0.2) is 11.5 Å². The van der Waals surface area contributed by atoms with E-state index in [9.17, 15) is 0 Å². The predicted octanol–water partition coefficient (Wildman–Crippen LogP) is 3.93. The van der Waals surface area contributed by atoms with Gasteiger partial charge < -0.3 is 0 Å². The molecule has 0 atom stereocenters. The number of hydrogen-bond donors (Lipinski definition) is 0. The first kappa shape index (κ1) is 12.6. The molecule has 0 saturated carbocycles. The molecule has 96 valence electrons. The Labute approximate surface area is 124 Å². The van der Waals surface area contributed by atoms with Crippen LogP contribution in [0, 0.1) is 0 Å². The number of rotatable bonds is 3. The number of benzene rings is 1. The highest BCUT2D eigenvalue weighted by Crippen LogP contribution is 2.14. The first-order valence-corrected chi connectivity index (χ1v) is 7.13. The summed E-state index contributed by atoms with van der Waals surface area (Å²) in [5.41, 5.74) is 2.06. The zero-order valence-electron chi connectivity index (χ0n) is 10.1. The minimum atomic E-state index is 0.768. The average molecular weight is 337 g/mol. The van der Waals surface area contributed by atoms with E-state index in [0.717, 1.165) is 33.8 Å². The van der Waals surface area contributed by atoms with Crippen LogP contribution in [0.5, 0.6) is 0 Å². The van der Waals surface area contributed by atoms with Crippen LogP contribution < -0.4 is 0 Å². The third-order valence-electron chi connectivity index (χ3n) is 2.87. The van der Waals surface area contributed by atoms with Gasteiger partial charge in [0.1, 0.15) is 0 Å². The number of aromatic nitrogens is 3. The third kappa shape index (κ3) is 2.96. The van der Waals surface area contributed by atoms with Crippen LogP contribution >= 0.6 is 27.5 Å². The predicted molar refractivity (Wildman–Crippen MR) is 79.5 cm³/mol. The number of halogens is 2. The molecule has 2 aromatic heterocycles. The molecule has 0 bridgehead atoms. The van der Waals surface area contributed by atoms with Gasteiger partial charge >= 0.3 is 0 Å². The maximum atomic E-state index is 5.97. The monoisotopic (exact) mass is 335 g/mol. The standard InChI is InChI=1S/C14H11BrClN3/c15-11-6-7-19-14(9-11)17-13(18-19)5-4-10-2-1-3-12(16)8-10/h1-3,6-9H,4-5H2. The van der Waals surface area contributed by atoms with Gasteiger partial charge in [-0.05, 0) is 36.2 Å². The second kappa shape index (κ2) is 5.31. The highest BCUT2D eigenvalue weighted by molar-refractivity contribution is 9.10. The van der Waals surface area contributed by atoms with Crippen LogP contribution in [0.1, 0.15) is 11.4 Å². The molecule has 1 aromatic carbocycles. The van der Waals surface area contributed by atoms with Crippen molar-refractivity contribution in [2.24, 2.45) is 0 Å². The van der Waals surface area contributed by atoms with E-state index in [4.69, 9.17) is 11.6 Å². The van der Waals surface area contributed by atoms with Gasteiger partial charge in [0.25, 0.3) is 0 Å². The van der Waals surface area contributed by atoms with Crippen LogP contribution in [0.15, 0.2) is 47.1 Å². The summed E-state index contributed by atoms with van der Waals surface area (Å²) >= 11 is 9.40. The van der Waals surface area contributed by atoms with Crippen molar-refractivity contribution >= 4 is 33.2 Å². The molecule has 0 radical (unpaired) electrons. The number of fused-ring (bicyclic) bond motifs is 1. The second-order valence-electron chi connectivity index (χ2n) is 4.31. The quantitative estimate of drug-likeness (QED) is 0.725. The number of hydrogen-bond acceptors (Lipinski definition) is 2. The molecule has 0 aliphatic heterocycles. The molecule has 3 aromatic rings. The first-order valence-electron chi connectivity index (χ1n) is 5.96. The van der Waals surface area contributed by atoms with E-state index in [2.05, 4.69) is 32.1 Å². The van der Waals surface area contributed by atoms with Crippen molar-refractivity contribution in [2.45, 2.75) is 12.8 Å². The number of aryl methyl sites for hydroxylation is 2. The molecule has 19 heavy (non-hydrogen) atoms. The van der Waals surface area contributed by atoms with Crippen LogP contribution in [-0.2, 0) is 12.8 Å². The topological polar surface area (TPSA) is 30.2 Å². The Kier molecular flexibility index (Phi) is 3.53. The lowest BCUT2D eigenvalue weighted by Gasteiger charge is -1.98. The number of nitrogens with zero attached hydrogens (tertiary/aromatic N) is 3. The van der Waals surface area contributed by atoms with Crippen molar-refractivity contribution in [1.82, 2.24) is 14.6 Å². The van der Waals surface area contributed by atoms with E-state index in [1.54, 1.807) is 4.52 Å². The molecule has 0 N–H and O–H groups in total. The van der Waals surface area contributed by atoms with Gasteiger partial charge in [0.2, 0.25) is 0 Å². The molecule has 2 heterocycles. The Balaban J connectivity index is 1.78. The fraction of sp³-hybridized carbons (Fsp3) is 0.143. The van der Waals surface area contributed by atoms with Gasteiger partial charge in [-0.15, -0.1) is 0 Å². The van der Waals surface area contributed by atoms with E-state index in [1.807, 2.05) is 36.5 Å². The minimum absolute atomic E-state index is 0.768. The molecule has 0 aliphatic carbocycles. The lowest BCUT2D eigenvalue weighted by atomic mass is 10.1. The summed E-state index contributed by atoms with van der Waals surface area (Å²) in [6, 6.07) is 11.8. The SMILES string of the molecule is Clc1cccc(CCc2nc3cc(Br)ccn3n2)c1. The van der Waals surface area contributed by atoms with Gasteiger partial charge in [-0.25, -0.2) is 9.50 Å². The van der Waals surface area contributed by atoms with Crippen molar-refractivity contribution < 1.29 is 0 Å². The van der Waals surface area contributed by atoms with Gasteiger partial charge in [0.05, 0.1) is 0 Å². The Morgan fingerprint density at radius 2 is 2.05 bits per heavy atom. The Hall–Kier alpha value is -1.39. The zero-order valence-corrected chi connectivity index (χ0v) is 12.4. The summed E-state index contributed by atoms with van der Waals surface area (Å²) in [6.07, 6.45) is 3.59. The smallest absolute Gasteiger partial charge is 0.156 e. The molecule has 0 saturated heterocycles. The lowest BCUT2D eigenvalue weighted by molar-refractivity contribution is 0.836. The van der Waals surface area contributed by atoms with Gasteiger partial charge in [-0.1, -0.05) is 39.7 Å².